The molecule has 0 spiro atoms. The lowest BCUT2D eigenvalue weighted by Gasteiger charge is -2.46. The van der Waals surface area contributed by atoms with Crippen molar-refractivity contribution in [3.8, 4) is 5.75 Å². The number of aldehydes is 1. The van der Waals surface area contributed by atoms with Crippen molar-refractivity contribution >= 4 is 33.9 Å². The summed E-state index contributed by atoms with van der Waals surface area (Å²) in [6, 6.07) is 5.59. The number of esters is 1. The lowest BCUT2D eigenvalue weighted by molar-refractivity contribution is -0.140. The van der Waals surface area contributed by atoms with E-state index in [9.17, 15) is 9.59 Å². The van der Waals surface area contributed by atoms with Crippen LogP contribution in [0.4, 0.5) is 5.69 Å². The van der Waals surface area contributed by atoms with Gasteiger partial charge in [0.05, 0.1) is 12.8 Å². The first kappa shape index (κ1) is 18.8. The average Bonchev–Trinajstić information content (AvgIpc) is 2.53. The van der Waals surface area contributed by atoms with Crippen molar-refractivity contribution in [1.82, 2.24) is 0 Å². The van der Waals surface area contributed by atoms with Gasteiger partial charge in [-0.1, -0.05) is 22.0 Å². The van der Waals surface area contributed by atoms with Crippen LogP contribution in [0.15, 0.2) is 18.2 Å². The smallest absolute Gasteiger partial charge is 0.305 e. The van der Waals surface area contributed by atoms with Crippen molar-refractivity contribution in [3.63, 3.8) is 0 Å². The molecule has 2 unspecified atom stereocenters. The monoisotopic (exact) mass is 397 g/mol. The molecule has 5 nitrogen and oxygen atoms in total. The maximum Gasteiger partial charge on any atom is 0.305 e. The summed E-state index contributed by atoms with van der Waals surface area (Å²) in [4.78, 5) is 25.4. The Morgan fingerprint density at radius 2 is 2.21 bits per heavy atom. The Morgan fingerprint density at radius 3 is 2.79 bits per heavy atom. The molecule has 0 fully saturated rings. The van der Waals surface area contributed by atoms with E-state index in [-0.39, 0.29) is 10.8 Å². The third-order valence-electron chi connectivity index (χ3n) is 4.31. The molecule has 0 amide bonds. The van der Waals surface area contributed by atoms with Gasteiger partial charge in [0.15, 0.2) is 0 Å². The van der Waals surface area contributed by atoms with Crippen LogP contribution in [0.25, 0.3) is 0 Å². The van der Waals surface area contributed by atoms with E-state index in [4.69, 9.17) is 9.47 Å². The van der Waals surface area contributed by atoms with Crippen molar-refractivity contribution in [1.29, 1.82) is 0 Å². The molecule has 2 rings (SSSR count). The van der Waals surface area contributed by atoms with Gasteiger partial charge < -0.3 is 19.2 Å². The number of anilines is 1. The Morgan fingerprint density at radius 1 is 1.50 bits per heavy atom. The van der Waals surface area contributed by atoms with Crippen LogP contribution in [0.5, 0.6) is 5.75 Å². The number of carbonyl (C=O) groups excluding carboxylic acids is 2. The lowest BCUT2D eigenvalue weighted by atomic mass is 9.93. The van der Waals surface area contributed by atoms with Gasteiger partial charge in [-0.15, -0.1) is 0 Å². The fraction of sp³-hybridized carbons (Fsp3) is 0.556. The number of rotatable bonds is 6. The quantitative estimate of drug-likeness (QED) is 0.416. The van der Waals surface area contributed by atoms with Crippen LogP contribution < -0.4 is 9.64 Å². The summed E-state index contributed by atoms with van der Waals surface area (Å²) in [5.74, 6) is 0.515. The van der Waals surface area contributed by atoms with E-state index in [2.05, 4.69) is 15.9 Å². The van der Waals surface area contributed by atoms with Crippen LogP contribution in [-0.4, -0.2) is 37.6 Å². The second kappa shape index (κ2) is 7.55. The molecule has 0 saturated heterocycles. The zero-order valence-electron chi connectivity index (χ0n) is 14.5. The second-order valence-corrected chi connectivity index (χ2v) is 7.88. The molecule has 0 bridgehead atoms. The number of ether oxygens (including phenoxy) is 2. The molecule has 0 radical (unpaired) electrons. The first-order valence-electron chi connectivity index (χ1n) is 8.06. The van der Waals surface area contributed by atoms with E-state index in [1.807, 2.05) is 43.9 Å². The van der Waals surface area contributed by atoms with Crippen molar-refractivity contribution in [2.24, 2.45) is 0 Å². The van der Waals surface area contributed by atoms with Gasteiger partial charge in [-0.2, -0.15) is 0 Å². The van der Waals surface area contributed by atoms with Gasteiger partial charge in [0.25, 0.3) is 0 Å². The molecular weight excluding hydrogens is 374 g/mol. The molecule has 0 aliphatic carbocycles. The van der Waals surface area contributed by atoms with Gasteiger partial charge in [0, 0.05) is 17.8 Å². The Balaban J connectivity index is 2.34. The summed E-state index contributed by atoms with van der Waals surface area (Å²) in [6.07, 6.45) is 1.86. The molecule has 6 heteroatoms. The van der Waals surface area contributed by atoms with E-state index in [1.165, 1.54) is 7.11 Å². The number of alkyl halides is 1. The molecule has 0 aromatic heterocycles. The minimum atomic E-state index is -0.637. The number of nitrogens with zero attached hydrogens (tertiary/aromatic N) is 1. The van der Waals surface area contributed by atoms with E-state index in [1.54, 1.807) is 0 Å². The number of halogens is 1. The average molecular weight is 398 g/mol. The van der Waals surface area contributed by atoms with Crippen molar-refractivity contribution in [3.05, 3.63) is 23.8 Å². The highest BCUT2D eigenvalue weighted by atomic mass is 79.9. The Bertz CT molecular complexity index is 615. The van der Waals surface area contributed by atoms with Crippen molar-refractivity contribution in [2.75, 3.05) is 18.6 Å². The summed E-state index contributed by atoms with van der Waals surface area (Å²) < 4.78 is 10.8. The predicted octanol–water partition coefficient (Wildman–Crippen LogP) is 3.64. The number of benzene rings is 1. The number of methoxy groups -OCH3 is 1. The van der Waals surface area contributed by atoms with Crippen LogP contribution in [0.3, 0.4) is 0 Å². The van der Waals surface area contributed by atoms with E-state index < -0.39 is 11.6 Å². The highest BCUT2D eigenvalue weighted by molar-refractivity contribution is 9.09. The molecule has 1 heterocycles. The third kappa shape index (κ3) is 3.91. The topological polar surface area (TPSA) is 55.8 Å². The normalized spacial score (nSPS) is 19.9. The second-order valence-electron chi connectivity index (χ2n) is 6.50. The molecule has 1 aromatic carbocycles. The Hall–Kier alpha value is -1.56. The van der Waals surface area contributed by atoms with Gasteiger partial charge in [0.2, 0.25) is 0 Å². The number of hydrogen-bond donors (Lipinski definition) is 0. The largest absolute Gasteiger partial charge is 0.483 e. The summed E-state index contributed by atoms with van der Waals surface area (Å²) in [6.45, 7) is 6.44. The molecule has 132 valence electrons. The zero-order chi connectivity index (χ0) is 17.9. The van der Waals surface area contributed by atoms with E-state index in [0.29, 0.717) is 19.4 Å². The zero-order valence-corrected chi connectivity index (χ0v) is 16.1. The van der Waals surface area contributed by atoms with Gasteiger partial charge in [-0.3, -0.25) is 4.79 Å². The Labute approximate surface area is 151 Å². The minimum absolute atomic E-state index is 0.198. The summed E-state index contributed by atoms with van der Waals surface area (Å²) >= 11 is 3.58. The maximum absolute atomic E-state index is 11.7. The standard InChI is InChI=1S/C18H24BrNO4/c1-12(19)13-7-8-15-14(10-13)20(9-5-6-17(22)23-4)16(11-21)18(2,3)24-15/h7-8,10-12,16H,5-6,9H2,1-4H3. The highest BCUT2D eigenvalue weighted by Crippen LogP contribution is 2.42. The first-order valence-corrected chi connectivity index (χ1v) is 8.97. The fourth-order valence-electron chi connectivity index (χ4n) is 2.95. The third-order valence-corrected chi connectivity index (χ3v) is 4.84. The fourth-order valence-corrected chi connectivity index (χ4v) is 3.24. The van der Waals surface area contributed by atoms with Gasteiger partial charge >= 0.3 is 5.97 Å². The lowest BCUT2D eigenvalue weighted by Crippen LogP contribution is -2.57. The van der Waals surface area contributed by atoms with E-state index >= 15 is 0 Å². The van der Waals surface area contributed by atoms with Crippen LogP contribution in [0.2, 0.25) is 0 Å². The molecule has 1 aliphatic rings. The molecule has 1 aliphatic heterocycles. The molecule has 24 heavy (non-hydrogen) atoms. The number of hydrogen-bond acceptors (Lipinski definition) is 5. The predicted molar refractivity (Wildman–Crippen MR) is 96.9 cm³/mol. The van der Waals surface area contributed by atoms with Crippen LogP contribution in [0, 0.1) is 0 Å². The van der Waals surface area contributed by atoms with Gasteiger partial charge in [-0.05, 0) is 44.9 Å². The van der Waals surface area contributed by atoms with Crippen LogP contribution >= 0.6 is 15.9 Å². The highest BCUT2D eigenvalue weighted by Gasteiger charge is 2.41. The maximum atomic E-state index is 11.7. The summed E-state index contributed by atoms with van der Waals surface area (Å²) in [5, 5.41) is 0. The SMILES string of the molecule is COC(=O)CCCN1c2cc(C(C)Br)ccc2OC(C)(C)C1C=O. The van der Waals surface area contributed by atoms with E-state index in [0.717, 1.165) is 23.3 Å². The molecule has 1 aromatic rings. The Kier molecular flexibility index (Phi) is 5.91. The van der Waals surface area contributed by atoms with Gasteiger partial charge in [-0.25, -0.2) is 0 Å². The summed E-state index contributed by atoms with van der Waals surface area (Å²) in [5.41, 5.74) is 1.36. The van der Waals surface area contributed by atoms with Crippen LogP contribution in [-0.2, 0) is 14.3 Å². The summed E-state index contributed by atoms with van der Waals surface area (Å²) in [7, 11) is 1.38. The molecular formula is C18H24BrNO4. The van der Waals surface area contributed by atoms with Crippen molar-refractivity contribution in [2.45, 2.75) is 50.1 Å². The molecule has 0 N–H and O–H groups in total. The minimum Gasteiger partial charge on any atom is -0.483 e. The molecule has 0 saturated carbocycles. The number of carbonyl (C=O) groups is 2. The first-order chi connectivity index (χ1) is 11.3. The molecule has 2 atom stereocenters. The van der Waals surface area contributed by atoms with Gasteiger partial charge in [0.1, 0.15) is 23.7 Å². The van der Waals surface area contributed by atoms with Crippen molar-refractivity contribution < 1.29 is 19.1 Å². The van der Waals surface area contributed by atoms with Crippen LogP contribution in [0.1, 0.15) is 44.0 Å². The number of fused-ring (bicyclic) bond motifs is 1.